The van der Waals surface area contributed by atoms with Gasteiger partial charge in [-0.3, -0.25) is 10.1 Å². The lowest BCUT2D eigenvalue weighted by Gasteiger charge is -2.45. The van der Waals surface area contributed by atoms with Gasteiger partial charge in [-0.25, -0.2) is 0 Å². The van der Waals surface area contributed by atoms with Gasteiger partial charge in [0, 0.05) is 30.5 Å². The highest BCUT2D eigenvalue weighted by molar-refractivity contribution is 5.37. The van der Waals surface area contributed by atoms with Gasteiger partial charge in [0.25, 0.3) is 5.69 Å². The van der Waals surface area contributed by atoms with E-state index < -0.39 is 0 Å². The van der Waals surface area contributed by atoms with E-state index in [1.54, 1.807) is 11.0 Å². The van der Waals surface area contributed by atoms with Crippen molar-refractivity contribution in [1.29, 1.82) is 0 Å². The normalized spacial score (nSPS) is 22.9. The number of quaternary nitrogens is 1. The van der Waals surface area contributed by atoms with Crippen molar-refractivity contribution in [2.75, 3.05) is 13.1 Å². The number of non-ortho nitro benzene ring substituents is 1. The summed E-state index contributed by atoms with van der Waals surface area (Å²) in [6.07, 6.45) is 10.1. The Kier molecular flexibility index (Phi) is 4.24. The van der Waals surface area contributed by atoms with E-state index in [1.165, 1.54) is 70.0 Å². The summed E-state index contributed by atoms with van der Waals surface area (Å²) >= 11 is 0. The lowest BCUT2D eigenvalue weighted by molar-refractivity contribution is -0.967. The monoisotopic (exact) mass is 289 g/mol. The van der Waals surface area contributed by atoms with E-state index in [1.807, 2.05) is 12.1 Å². The third kappa shape index (κ3) is 2.82. The minimum atomic E-state index is -0.258. The predicted octanol–water partition coefficient (Wildman–Crippen LogP) is 2.82. The molecule has 2 fully saturated rings. The maximum absolute atomic E-state index is 11.1. The summed E-state index contributed by atoms with van der Waals surface area (Å²) in [5, 5.41) is 11.1. The number of nitro groups is 1. The maximum atomic E-state index is 11.1. The highest BCUT2D eigenvalue weighted by Gasteiger charge is 2.44. The smallest absolute Gasteiger partial charge is 0.269 e. The molecule has 0 aromatic heterocycles. The SMILES string of the molecule is O=[N+]([O-])c1cccc(C2([NH+]3CCCCC3)CCCCC2)c1. The summed E-state index contributed by atoms with van der Waals surface area (Å²) < 4.78 is 0. The number of nitro benzene ring substituents is 1. The highest BCUT2D eigenvalue weighted by atomic mass is 16.6. The van der Waals surface area contributed by atoms with Gasteiger partial charge in [0.2, 0.25) is 0 Å². The molecule has 0 unspecified atom stereocenters. The molecule has 1 aliphatic carbocycles. The van der Waals surface area contributed by atoms with Gasteiger partial charge in [0.1, 0.15) is 5.54 Å². The number of hydrogen-bond donors (Lipinski definition) is 1. The van der Waals surface area contributed by atoms with E-state index >= 15 is 0 Å². The van der Waals surface area contributed by atoms with Crippen molar-refractivity contribution in [3.8, 4) is 0 Å². The average Bonchev–Trinajstić information content (AvgIpc) is 2.56. The summed E-state index contributed by atoms with van der Waals surface area (Å²) in [4.78, 5) is 12.5. The van der Waals surface area contributed by atoms with E-state index in [2.05, 4.69) is 6.07 Å². The van der Waals surface area contributed by atoms with Crippen molar-refractivity contribution in [2.24, 2.45) is 0 Å². The second-order valence-electron chi connectivity index (χ2n) is 6.61. The van der Waals surface area contributed by atoms with Crippen LogP contribution in [-0.4, -0.2) is 18.0 Å². The van der Waals surface area contributed by atoms with E-state index in [4.69, 9.17) is 0 Å². The quantitative estimate of drug-likeness (QED) is 0.687. The Balaban J connectivity index is 1.98. The molecule has 21 heavy (non-hydrogen) atoms. The first-order valence-electron chi connectivity index (χ1n) is 8.32. The summed E-state index contributed by atoms with van der Waals surface area (Å²) in [6.45, 7) is 2.45. The van der Waals surface area contributed by atoms with Gasteiger partial charge in [-0.2, -0.15) is 0 Å². The number of benzene rings is 1. The van der Waals surface area contributed by atoms with Gasteiger partial charge in [-0.05, 0) is 32.1 Å². The molecular formula is C17H25N2O2+. The Morgan fingerprint density at radius 3 is 2.33 bits per heavy atom. The molecule has 1 saturated heterocycles. The Morgan fingerprint density at radius 2 is 1.67 bits per heavy atom. The number of piperidine rings is 1. The summed E-state index contributed by atoms with van der Waals surface area (Å²) in [6, 6.07) is 7.45. The topological polar surface area (TPSA) is 47.6 Å². The Hall–Kier alpha value is -1.42. The van der Waals surface area contributed by atoms with Crippen LogP contribution in [0.5, 0.6) is 0 Å². The molecular weight excluding hydrogens is 264 g/mol. The van der Waals surface area contributed by atoms with Crippen LogP contribution in [0.1, 0.15) is 56.9 Å². The second-order valence-corrected chi connectivity index (χ2v) is 6.61. The van der Waals surface area contributed by atoms with Crippen LogP contribution in [-0.2, 0) is 5.54 Å². The number of hydrogen-bond acceptors (Lipinski definition) is 2. The number of rotatable bonds is 3. The zero-order chi connectivity index (χ0) is 14.7. The minimum absolute atomic E-state index is 0.130. The molecule has 114 valence electrons. The number of nitrogens with one attached hydrogen (secondary N) is 1. The first kappa shape index (κ1) is 14.5. The van der Waals surface area contributed by atoms with Gasteiger partial charge in [0.05, 0.1) is 18.0 Å². The van der Waals surface area contributed by atoms with Crippen LogP contribution >= 0.6 is 0 Å². The molecule has 1 saturated carbocycles. The molecule has 1 aromatic carbocycles. The standard InChI is InChI=1S/C17H24N2O2/c20-19(21)16-9-7-8-15(14-16)17(10-3-1-4-11-17)18-12-5-2-6-13-18/h7-9,14H,1-6,10-13H2/p+1. The van der Waals surface area contributed by atoms with Gasteiger partial charge >= 0.3 is 0 Å². The van der Waals surface area contributed by atoms with E-state index in [0.717, 1.165) is 0 Å². The Labute approximate surface area is 126 Å². The molecule has 1 aromatic rings. The van der Waals surface area contributed by atoms with Crippen LogP contribution < -0.4 is 4.90 Å². The first-order chi connectivity index (χ1) is 10.2. The Bertz CT molecular complexity index is 503. The fraction of sp³-hybridized carbons (Fsp3) is 0.647. The fourth-order valence-electron chi connectivity index (χ4n) is 4.38. The third-order valence-electron chi connectivity index (χ3n) is 5.45. The average molecular weight is 289 g/mol. The molecule has 4 heteroatoms. The summed E-state index contributed by atoms with van der Waals surface area (Å²) in [5.41, 5.74) is 1.58. The number of nitrogens with zero attached hydrogens (tertiary/aromatic N) is 1. The van der Waals surface area contributed by atoms with Crippen LogP contribution in [0.2, 0.25) is 0 Å². The highest BCUT2D eigenvalue weighted by Crippen LogP contribution is 2.36. The van der Waals surface area contributed by atoms with Crippen molar-refractivity contribution in [3.05, 3.63) is 39.9 Å². The third-order valence-corrected chi connectivity index (χ3v) is 5.45. The summed E-state index contributed by atoms with van der Waals surface area (Å²) in [5.74, 6) is 0. The second kappa shape index (κ2) is 6.14. The predicted molar refractivity (Wildman–Crippen MR) is 82.4 cm³/mol. The molecule has 2 aliphatic rings. The molecule has 1 N–H and O–H groups in total. The lowest BCUT2D eigenvalue weighted by atomic mass is 9.74. The summed E-state index contributed by atoms with van der Waals surface area (Å²) in [7, 11) is 0. The van der Waals surface area contributed by atoms with Crippen LogP contribution in [0, 0.1) is 10.1 Å². The van der Waals surface area contributed by atoms with Gasteiger partial charge in [-0.1, -0.05) is 18.6 Å². The molecule has 0 radical (unpaired) electrons. The van der Waals surface area contributed by atoms with Crippen molar-refractivity contribution < 1.29 is 9.82 Å². The van der Waals surface area contributed by atoms with E-state index in [0.29, 0.717) is 0 Å². The fourth-order valence-corrected chi connectivity index (χ4v) is 4.38. The zero-order valence-electron chi connectivity index (χ0n) is 12.6. The molecule has 1 heterocycles. The van der Waals surface area contributed by atoms with Crippen LogP contribution in [0.15, 0.2) is 24.3 Å². The number of likely N-dealkylation sites (tertiary alicyclic amines) is 1. The molecule has 0 bridgehead atoms. The van der Waals surface area contributed by atoms with Crippen molar-refractivity contribution in [1.82, 2.24) is 0 Å². The largest absolute Gasteiger partial charge is 0.326 e. The first-order valence-corrected chi connectivity index (χ1v) is 8.32. The van der Waals surface area contributed by atoms with Crippen molar-refractivity contribution in [3.63, 3.8) is 0 Å². The van der Waals surface area contributed by atoms with Gasteiger partial charge in [-0.15, -0.1) is 0 Å². The van der Waals surface area contributed by atoms with E-state index in [-0.39, 0.29) is 16.1 Å². The zero-order valence-corrected chi connectivity index (χ0v) is 12.6. The van der Waals surface area contributed by atoms with Crippen molar-refractivity contribution in [2.45, 2.75) is 56.9 Å². The molecule has 0 atom stereocenters. The van der Waals surface area contributed by atoms with Crippen LogP contribution in [0.25, 0.3) is 0 Å². The molecule has 0 spiro atoms. The maximum Gasteiger partial charge on any atom is 0.269 e. The van der Waals surface area contributed by atoms with Gasteiger partial charge in [0.15, 0.2) is 0 Å². The molecule has 1 aliphatic heterocycles. The molecule has 3 rings (SSSR count). The Morgan fingerprint density at radius 1 is 1.00 bits per heavy atom. The molecule has 0 amide bonds. The lowest BCUT2D eigenvalue weighted by Crippen LogP contribution is -3.19. The van der Waals surface area contributed by atoms with Crippen LogP contribution in [0.4, 0.5) is 5.69 Å². The molecule has 4 nitrogen and oxygen atoms in total. The van der Waals surface area contributed by atoms with Crippen molar-refractivity contribution >= 4 is 5.69 Å². The minimum Gasteiger partial charge on any atom is -0.326 e. The van der Waals surface area contributed by atoms with E-state index in [9.17, 15) is 10.1 Å². The van der Waals surface area contributed by atoms with Crippen LogP contribution in [0.3, 0.4) is 0 Å². The van der Waals surface area contributed by atoms with Gasteiger partial charge < -0.3 is 4.90 Å².